The lowest BCUT2D eigenvalue weighted by molar-refractivity contribution is 0.0951. The lowest BCUT2D eigenvalue weighted by Crippen LogP contribution is -2.34. The maximum absolute atomic E-state index is 12.1. The maximum Gasteiger partial charge on any atom is 0.315 e. The van der Waals surface area contributed by atoms with Gasteiger partial charge in [-0.3, -0.25) is 9.78 Å². The van der Waals surface area contributed by atoms with E-state index in [9.17, 15) is 9.59 Å². The molecule has 1 aromatic carbocycles. The molecule has 138 valence electrons. The van der Waals surface area contributed by atoms with Crippen LogP contribution in [0, 0.1) is 0 Å². The first kappa shape index (κ1) is 19.4. The zero-order valence-corrected chi connectivity index (χ0v) is 15.2. The summed E-state index contributed by atoms with van der Waals surface area (Å²) < 4.78 is 0. The number of pyridine rings is 1. The van der Waals surface area contributed by atoms with Crippen molar-refractivity contribution < 1.29 is 9.59 Å². The minimum absolute atomic E-state index is 0.115. The highest BCUT2D eigenvalue weighted by Gasteiger charge is 2.07. The lowest BCUT2D eigenvalue weighted by Gasteiger charge is -2.11. The van der Waals surface area contributed by atoms with Gasteiger partial charge in [-0.2, -0.15) is 0 Å². The van der Waals surface area contributed by atoms with E-state index < -0.39 is 0 Å². The SMILES string of the molecule is CN(C)CCNC(=O)c1cccc(CNC(=O)NCc2ccncc2)c1. The van der Waals surface area contributed by atoms with Gasteiger partial charge >= 0.3 is 6.03 Å². The van der Waals surface area contributed by atoms with E-state index in [2.05, 4.69) is 20.9 Å². The summed E-state index contributed by atoms with van der Waals surface area (Å²) in [5, 5.41) is 8.45. The van der Waals surface area contributed by atoms with Crippen molar-refractivity contribution >= 4 is 11.9 Å². The number of benzene rings is 1. The first-order valence-corrected chi connectivity index (χ1v) is 8.47. The molecule has 0 spiro atoms. The molecule has 3 N–H and O–H groups in total. The number of carbonyl (C=O) groups excluding carboxylic acids is 2. The van der Waals surface area contributed by atoms with E-state index in [0.717, 1.165) is 17.7 Å². The Bertz CT molecular complexity index is 719. The van der Waals surface area contributed by atoms with Gasteiger partial charge in [0.2, 0.25) is 0 Å². The lowest BCUT2D eigenvalue weighted by atomic mass is 10.1. The molecule has 2 rings (SSSR count). The van der Waals surface area contributed by atoms with Gasteiger partial charge in [0.1, 0.15) is 0 Å². The van der Waals surface area contributed by atoms with Gasteiger partial charge in [-0.15, -0.1) is 0 Å². The molecular formula is C19H25N5O2. The molecule has 3 amide bonds. The fraction of sp³-hybridized carbons (Fsp3) is 0.316. The molecule has 0 bridgehead atoms. The Labute approximate surface area is 153 Å². The quantitative estimate of drug-likeness (QED) is 0.668. The minimum Gasteiger partial charge on any atom is -0.351 e. The number of amides is 3. The smallest absolute Gasteiger partial charge is 0.315 e. The predicted octanol–water partition coefficient (Wildman–Crippen LogP) is 1.37. The Hall–Kier alpha value is -2.93. The van der Waals surface area contributed by atoms with Crippen LogP contribution in [-0.2, 0) is 13.1 Å². The molecule has 0 aliphatic heterocycles. The molecule has 7 nitrogen and oxygen atoms in total. The van der Waals surface area contributed by atoms with Crippen molar-refractivity contribution in [3.05, 3.63) is 65.5 Å². The normalized spacial score (nSPS) is 10.4. The standard InChI is InChI=1S/C19H25N5O2/c1-24(2)11-10-21-18(25)17-5-3-4-16(12-17)14-23-19(26)22-13-15-6-8-20-9-7-15/h3-9,12H,10-11,13-14H2,1-2H3,(H,21,25)(H2,22,23,26). The summed E-state index contributed by atoms with van der Waals surface area (Å²) in [6, 6.07) is 10.7. The number of aromatic nitrogens is 1. The second kappa shape index (κ2) is 10.1. The summed E-state index contributed by atoms with van der Waals surface area (Å²) in [5.41, 5.74) is 2.43. The number of hydrogen-bond acceptors (Lipinski definition) is 4. The average molecular weight is 355 g/mol. The Morgan fingerprint density at radius 1 is 0.962 bits per heavy atom. The molecule has 0 fully saturated rings. The molecule has 0 aliphatic rings. The van der Waals surface area contributed by atoms with Crippen LogP contribution in [0.5, 0.6) is 0 Å². The largest absolute Gasteiger partial charge is 0.351 e. The van der Waals surface area contributed by atoms with Gasteiger partial charge in [-0.05, 0) is 49.5 Å². The van der Waals surface area contributed by atoms with Gasteiger partial charge < -0.3 is 20.9 Å². The highest BCUT2D eigenvalue weighted by atomic mass is 16.2. The van der Waals surface area contributed by atoms with E-state index in [1.807, 2.05) is 43.3 Å². The Balaban J connectivity index is 1.78. The van der Waals surface area contributed by atoms with Crippen molar-refractivity contribution in [3.8, 4) is 0 Å². The summed E-state index contributed by atoms with van der Waals surface area (Å²) in [6.07, 6.45) is 3.37. The molecule has 2 aromatic rings. The summed E-state index contributed by atoms with van der Waals surface area (Å²) in [5.74, 6) is -0.115. The average Bonchev–Trinajstić information content (AvgIpc) is 2.65. The Morgan fingerprint density at radius 3 is 2.35 bits per heavy atom. The van der Waals surface area contributed by atoms with E-state index in [0.29, 0.717) is 25.2 Å². The van der Waals surface area contributed by atoms with Crippen molar-refractivity contribution in [1.82, 2.24) is 25.8 Å². The molecular weight excluding hydrogens is 330 g/mol. The third-order valence-corrected chi connectivity index (χ3v) is 3.69. The number of nitrogens with zero attached hydrogens (tertiary/aromatic N) is 2. The number of nitrogens with one attached hydrogen (secondary N) is 3. The number of likely N-dealkylation sites (N-methyl/N-ethyl adjacent to an activating group) is 1. The number of carbonyl (C=O) groups is 2. The van der Waals surface area contributed by atoms with E-state index in [1.54, 1.807) is 24.5 Å². The van der Waals surface area contributed by atoms with Crippen molar-refractivity contribution in [2.45, 2.75) is 13.1 Å². The van der Waals surface area contributed by atoms with E-state index in [1.165, 1.54) is 0 Å². The van der Waals surface area contributed by atoms with Gasteiger partial charge in [-0.1, -0.05) is 12.1 Å². The van der Waals surface area contributed by atoms with Crippen molar-refractivity contribution in [3.63, 3.8) is 0 Å². The molecule has 0 radical (unpaired) electrons. The van der Waals surface area contributed by atoms with Crippen LogP contribution in [0.3, 0.4) is 0 Å². The van der Waals surface area contributed by atoms with Crippen molar-refractivity contribution in [1.29, 1.82) is 0 Å². The van der Waals surface area contributed by atoms with Crippen LogP contribution in [0.15, 0.2) is 48.8 Å². The van der Waals surface area contributed by atoms with Gasteiger partial charge in [-0.25, -0.2) is 4.79 Å². The third kappa shape index (κ3) is 6.90. The Kier molecular flexibility index (Phi) is 7.57. The van der Waals surface area contributed by atoms with Crippen LogP contribution in [-0.4, -0.2) is 49.0 Å². The second-order valence-corrected chi connectivity index (χ2v) is 6.15. The monoisotopic (exact) mass is 355 g/mol. The third-order valence-electron chi connectivity index (χ3n) is 3.69. The van der Waals surface area contributed by atoms with Gasteiger partial charge in [0.15, 0.2) is 0 Å². The number of hydrogen-bond donors (Lipinski definition) is 3. The highest BCUT2D eigenvalue weighted by Crippen LogP contribution is 2.05. The van der Waals surface area contributed by atoms with E-state index in [-0.39, 0.29) is 11.9 Å². The van der Waals surface area contributed by atoms with E-state index >= 15 is 0 Å². The highest BCUT2D eigenvalue weighted by molar-refractivity contribution is 5.94. The van der Waals surface area contributed by atoms with Gasteiger partial charge in [0.05, 0.1) is 0 Å². The number of urea groups is 1. The molecule has 0 saturated heterocycles. The molecule has 7 heteroatoms. The van der Waals surface area contributed by atoms with Crippen LogP contribution >= 0.6 is 0 Å². The second-order valence-electron chi connectivity index (χ2n) is 6.15. The first-order chi connectivity index (χ1) is 12.5. The van der Waals surface area contributed by atoms with Crippen LogP contribution in [0.1, 0.15) is 21.5 Å². The van der Waals surface area contributed by atoms with Gasteiger partial charge in [0.25, 0.3) is 5.91 Å². The van der Waals surface area contributed by atoms with Crippen molar-refractivity contribution in [2.75, 3.05) is 27.2 Å². The summed E-state index contributed by atoms with van der Waals surface area (Å²) in [6.45, 7) is 2.15. The molecule has 26 heavy (non-hydrogen) atoms. The fourth-order valence-electron chi connectivity index (χ4n) is 2.25. The van der Waals surface area contributed by atoms with Crippen LogP contribution in [0.4, 0.5) is 4.79 Å². The Morgan fingerprint density at radius 2 is 1.65 bits per heavy atom. The zero-order valence-electron chi connectivity index (χ0n) is 15.2. The van der Waals surface area contributed by atoms with Crippen LogP contribution in [0.2, 0.25) is 0 Å². The van der Waals surface area contributed by atoms with Crippen LogP contribution in [0.25, 0.3) is 0 Å². The zero-order chi connectivity index (χ0) is 18.8. The van der Waals surface area contributed by atoms with Gasteiger partial charge in [0, 0.05) is 44.1 Å². The fourth-order valence-corrected chi connectivity index (χ4v) is 2.25. The number of rotatable bonds is 8. The summed E-state index contributed by atoms with van der Waals surface area (Å²) in [7, 11) is 3.91. The topological polar surface area (TPSA) is 86.4 Å². The molecule has 0 saturated carbocycles. The maximum atomic E-state index is 12.1. The summed E-state index contributed by atoms with van der Waals surface area (Å²) in [4.78, 5) is 30.0. The molecule has 1 heterocycles. The first-order valence-electron chi connectivity index (χ1n) is 8.47. The molecule has 0 atom stereocenters. The summed E-state index contributed by atoms with van der Waals surface area (Å²) >= 11 is 0. The minimum atomic E-state index is -0.261. The predicted molar refractivity (Wildman–Crippen MR) is 101 cm³/mol. The molecule has 1 aromatic heterocycles. The van der Waals surface area contributed by atoms with Crippen molar-refractivity contribution in [2.24, 2.45) is 0 Å². The van der Waals surface area contributed by atoms with E-state index in [4.69, 9.17) is 0 Å². The molecule has 0 unspecified atom stereocenters. The molecule has 0 aliphatic carbocycles. The van der Waals surface area contributed by atoms with Crippen LogP contribution < -0.4 is 16.0 Å².